The molecule has 4 rings (SSSR count). The summed E-state index contributed by atoms with van der Waals surface area (Å²) in [5.74, 6) is 0.404. The summed E-state index contributed by atoms with van der Waals surface area (Å²) in [7, 11) is 0. The van der Waals surface area contributed by atoms with Crippen molar-refractivity contribution >= 4 is 34.8 Å². The summed E-state index contributed by atoms with van der Waals surface area (Å²) in [5.41, 5.74) is 2.47. The summed E-state index contributed by atoms with van der Waals surface area (Å²) >= 11 is 12.3. The molecule has 1 amide bonds. The van der Waals surface area contributed by atoms with E-state index in [1.165, 1.54) is 0 Å². The van der Waals surface area contributed by atoms with E-state index in [0.29, 0.717) is 21.4 Å². The van der Waals surface area contributed by atoms with Crippen LogP contribution in [0.4, 0.5) is 5.69 Å². The Labute approximate surface area is 173 Å². The number of benzene rings is 2. The topological polar surface area (TPSA) is 42.4 Å². The average molecular weight is 413 g/mol. The number of halogens is 2. The van der Waals surface area contributed by atoms with Crippen LogP contribution in [0.25, 0.3) is 0 Å². The van der Waals surface area contributed by atoms with E-state index in [1.54, 1.807) is 36.5 Å². The monoisotopic (exact) mass is 412 g/mol. The zero-order valence-corrected chi connectivity index (χ0v) is 16.7. The third-order valence-electron chi connectivity index (χ3n) is 4.84. The molecule has 0 saturated heterocycles. The van der Waals surface area contributed by atoms with Crippen LogP contribution in [0.2, 0.25) is 10.0 Å². The number of aromatic nitrogens is 1. The molecule has 0 spiro atoms. The number of anilines is 1. The number of fused-ring (bicyclic) bond motifs is 1. The Bertz CT molecular complexity index is 1040. The molecule has 0 bridgehead atoms. The number of ether oxygens (including phenoxy) is 1. The van der Waals surface area contributed by atoms with E-state index in [4.69, 9.17) is 27.9 Å². The van der Waals surface area contributed by atoms with Crippen molar-refractivity contribution in [3.05, 3.63) is 82.0 Å². The lowest BCUT2D eigenvalue weighted by molar-refractivity contribution is 0.0972. The van der Waals surface area contributed by atoms with Crippen LogP contribution in [-0.4, -0.2) is 16.9 Å². The minimum absolute atomic E-state index is 0.0743. The van der Waals surface area contributed by atoms with Crippen molar-refractivity contribution in [2.45, 2.75) is 25.8 Å². The molecule has 1 aromatic heterocycles. The van der Waals surface area contributed by atoms with E-state index in [9.17, 15) is 4.79 Å². The third-order valence-corrected chi connectivity index (χ3v) is 5.39. The van der Waals surface area contributed by atoms with Crippen LogP contribution < -0.4 is 9.64 Å². The summed E-state index contributed by atoms with van der Waals surface area (Å²) in [5, 5.41) is 0.881. The van der Waals surface area contributed by atoms with Crippen molar-refractivity contribution in [1.29, 1.82) is 0 Å². The highest BCUT2D eigenvalue weighted by atomic mass is 35.5. The van der Waals surface area contributed by atoms with E-state index in [1.807, 2.05) is 23.1 Å². The summed E-state index contributed by atoms with van der Waals surface area (Å²) < 4.78 is 5.88. The molecule has 28 heavy (non-hydrogen) atoms. The third kappa shape index (κ3) is 3.58. The second-order valence-corrected chi connectivity index (χ2v) is 7.57. The zero-order valence-electron chi connectivity index (χ0n) is 15.2. The van der Waals surface area contributed by atoms with Crippen molar-refractivity contribution in [3.63, 3.8) is 0 Å². The Hall–Kier alpha value is -2.56. The Morgan fingerprint density at radius 2 is 1.96 bits per heavy atom. The van der Waals surface area contributed by atoms with Gasteiger partial charge in [0.15, 0.2) is 0 Å². The molecule has 1 aliphatic rings. The second-order valence-electron chi connectivity index (χ2n) is 6.72. The first-order chi connectivity index (χ1) is 13.5. The fourth-order valence-electron chi connectivity index (χ4n) is 3.42. The molecule has 4 nitrogen and oxygen atoms in total. The number of amides is 1. The Morgan fingerprint density at radius 1 is 1.14 bits per heavy atom. The lowest BCUT2D eigenvalue weighted by Gasteiger charge is -2.35. The van der Waals surface area contributed by atoms with Crippen molar-refractivity contribution < 1.29 is 9.53 Å². The summed E-state index contributed by atoms with van der Waals surface area (Å²) in [6.45, 7) is 2.05. The standard InChI is InChI=1S/C22H18Cl2N2O2/c1-14-8-9-15-5-2-3-7-19(15)26(14)22(27)17-6-4-12-25-21(17)28-20-13-16(23)10-11-18(20)24/h2-7,10-14H,8-9H2,1H3. The van der Waals surface area contributed by atoms with E-state index in [2.05, 4.69) is 18.0 Å². The van der Waals surface area contributed by atoms with Crippen LogP contribution in [0.1, 0.15) is 29.3 Å². The predicted molar refractivity (Wildman–Crippen MR) is 112 cm³/mol. The van der Waals surface area contributed by atoms with Gasteiger partial charge in [-0.05, 0) is 55.7 Å². The van der Waals surface area contributed by atoms with Crippen molar-refractivity contribution in [2.24, 2.45) is 0 Å². The number of carbonyl (C=O) groups excluding carboxylic acids is 1. The van der Waals surface area contributed by atoms with Gasteiger partial charge in [-0.3, -0.25) is 4.79 Å². The summed E-state index contributed by atoms with van der Waals surface area (Å²) in [4.78, 5) is 19.6. The maximum absolute atomic E-state index is 13.5. The van der Waals surface area contributed by atoms with Gasteiger partial charge in [0.1, 0.15) is 11.3 Å². The van der Waals surface area contributed by atoms with Crippen LogP contribution >= 0.6 is 23.2 Å². The lowest BCUT2D eigenvalue weighted by atomic mass is 9.96. The van der Waals surface area contributed by atoms with Gasteiger partial charge in [0.2, 0.25) is 5.88 Å². The molecule has 2 heterocycles. The number of carbonyl (C=O) groups is 1. The van der Waals surface area contributed by atoms with Crippen molar-refractivity contribution in [2.75, 3.05) is 4.90 Å². The van der Waals surface area contributed by atoms with Gasteiger partial charge in [-0.15, -0.1) is 0 Å². The van der Waals surface area contributed by atoms with Gasteiger partial charge >= 0.3 is 0 Å². The largest absolute Gasteiger partial charge is 0.437 e. The minimum Gasteiger partial charge on any atom is -0.437 e. The molecule has 1 atom stereocenters. The number of rotatable bonds is 3. The Morgan fingerprint density at radius 3 is 2.82 bits per heavy atom. The number of aryl methyl sites for hydroxylation is 1. The normalized spacial score (nSPS) is 15.8. The van der Waals surface area contributed by atoms with Crippen molar-refractivity contribution in [3.8, 4) is 11.6 Å². The summed E-state index contributed by atoms with van der Waals surface area (Å²) in [6, 6.07) is 16.4. The van der Waals surface area contributed by atoms with Crippen LogP contribution in [0.3, 0.4) is 0 Å². The van der Waals surface area contributed by atoms with Gasteiger partial charge in [-0.2, -0.15) is 0 Å². The molecule has 1 unspecified atom stereocenters. The first-order valence-electron chi connectivity index (χ1n) is 9.04. The average Bonchev–Trinajstić information content (AvgIpc) is 2.70. The van der Waals surface area contributed by atoms with Gasteiger partial charge < -0.3 is 9.64 Å². The molecule has 0 aliphatic carbocycles. The maximum atomic E-state index is 13.5. The number of nitrogens with zero attached hydrogens (tertiary/aromatic N) is 2. The van der Waals surface area contributed by atoms with Gasteiger partial charge in [-0.25, -0.2) is 4.98 Å². The quantitative estimate of drug-likeness (QED) is 0.516. The molecule has 1 aliphatic heterocycles. The fraction of sp³-hybridized carbons (Fsp3) is 0.182. The fourth-order valence-corrected chi connectivity index (χ4v) is 3.74. The molecular formula is C22H18Cl2N2O2. The first-order valence-corrected chi connectivity index (χ1v) is 9.79. The molecule has 0 N–H and O–H groups in total. The highest BCUT2D eigenvalue weighted by Crippen LogP contribution is 2.35. The molecule has 0 fully saturated rings. The van der Waals surface area contributed by atoms with Gasteiger partial charge in [0.05, 0.1) is 5.02 Å². The Balaban J connectivity index is 1.72. The number of hydrogen-bond donors (Lipinski definition) is 0. The molecule has 0 saturated carbocycles. The molecule has 142 valence electrons. The Kier molecular flexibility index (Phi) is 5.25. The maximum Gasteiger partial charge on any atom is 0.264 e. The molecule has 2 aromatic carbocycles. The zero-order chi connectivity index (χ0) is 19.7. The number of pyridine rings is 1. The van der Waals surface area contributed by atoms with E-state index in [-0.39, 0.29) is 17.8 Å². The second kappa shape index (κ2) is 7.82. The van der Waals surface area contributed by atoms with Gasteiger partial charge in [0, 0.05) is 29.0 Å². The van der Waals surface area contributed by atoms with E-state index >= 15 is 0 Å². The van der Waals surface area contributed by atoms with Crippen LogP contribution in [0.5, 0.6) is 11.6 Å². The highest BCUT2D eigenvalue weighted by molar-refractivity contribution is 6.34. The molecular weight excluding hydrogens is 395 g/mol. The van der Waals surface area contributed by atoms with Crippen molar-refractivity contribution in [1.82, 2.24) is 4.98 Å². The predicted octanol–water partition coefficient (Wildman–Crippen LogP) is 6.16. The van der Waals surface area contributed by atoms with E-state index in [0.717, 1.165) is 24.1 Å². The SMILES string of the molecule is CC1CCc2ccccc2N1C(=O)c1cccnc1Oc1cc(Cl)ccc1Cl. The smallest absolute Gasteiger partial charge is 0.264 e. The highest BCUT2D eigenvalue weighted by Gasteiger charge is 2.30. The van der Waals surface area contributed by atoms with Gasteiger partial charge in [0.25, 0.3) is 5.91 Å². The lowest BCUT2D eigenvalue weighted by Crippen LogP contribution is -2.42. The number of hydrogen-bond acceptors (Lipinski definition) is 3. The summed E-state index contributed by atoms with van der Waals surface area (Å²) in [6.07, 6.45) is 3.44. The van der Waals surface area contributed by atoms with Crippen LogP contribution in [0, 0.1) is 0 Å². The minimum atomic E-state index is -0.152. The van der Waals surface area contributed by atoms with Gasteiger partial charge in [-0.1, -0.05) is 41.4 Å². The van der Waals surface area contributed by atoms with Crippen LogP contribution in [0.15, 0.2) is 60.8 Å². The number of para-hydroxylation sites is 1. The first kappa shape index (κ1) is 18.8. The van der Waals surface area contributed by atoms with Crippen LogP contribution in [-0.2, 0) is 6.42 Å². The molecule has 0 radical (unpaired) electrons. The molecule has 6 heteroatoms. The molecule has 3 aromatic rings. The van der Waals surface area contributed by atoms with E-state index < -0.39 is 0 Å².